The standard InChI is InChI=1S/C7H6BrClOS/c1-10-6-3-2-5(8)4-7(6)11-9/h2-4H,1H3. The van der Waals surface area contributed by atoms with Crippen LogP contribution in [-0.4, -0.2) is 7.11 Å². The molecule has 0 N–H and O–H groups in total. The van der Waals surface area contributed by atoms with Crippen LogP contribution in [0.25, 0.3) is 0 Å². The van der Waals surface area contributed by atoms with E-state index in [9.17, 15) is 0 Å². The molecule has 1 nitrogen and oxygen atoms in total. The molecule has 0 atom stereocenters. The highest BCUT2D eigenvalue weighted by atomic mass is 79.9. The van der Waals surface area contributed by atoms with Crippen LogP contribution in [0.3, 0.4) is 0 Å². The second kappa shape index (κ2) is 4.24. The summed E-state index contributed by atoms with van der Waals surface area (Å²) in [5, 5.41) is 0. The second-order valence-electron chi connectivity index (χ2n) is 1.87. The van der Waals surface area contributed by atoms with Crippen molar-refractivity contribution in [3.8, 4) is 5.75 Å². The molecule has 0 bridgehead atoms. The van der Waals surface area contributed by atoms with Crippen molar-refractivity contribution in [3.05, 3.63) is 22.7 Å². The van der Waals surface area contributed by atoms with E-state index in [-0.39, 0.29) is 0 Å². The lowest BCUT2D eigenvalue weighted by molar-refractivity contribution is 0.405. The van der Waals surface area contributed by atoms with Crippen LogP contribution in [0.5, 0.6) is 5.75 Å². The molecule has 0 aliphatic heterocycles. The molecule has 0 heterocycles. The lowest BCUT2D eigenvalue weighted by atomic mass is 10.3. The zero-order chi connectivity index (χ0) is 8.27. The number of ether oxygens (including phenoxy) is 1. The smallest absolute Gasteiger partial charge is 0.133 e. The van der Waals surface area contributed by atoms with E-state index in [0.29, 0.717) is 0 Å². The Hall–Kier alpha value is 0.140. The molecule has 0 unspecified atom stereocenters. The average molecular weight is 254 g/mol. The van der Waals surface area contributed by atoms with Crippen molar-refractivity contribution < 1.29 is 4.74 Å². The van der Waals surface area contributed by atoms with E-state index in [4.69, 9.17) is 15.4 Å². The van der Waals surface area contributed by atoms with Crippen LogP contribution in [0.2, 0.25) is 0 Å². The Morgan fingerprint density at radius 1 is 1.55 bits per heavy atom. The molecule has 60 valence electrons. The molecule has 1 rings (SSSR count). The van der Waals surface area contributed by atoms with Gasteiger partial charge in [-0.15, -0.1) is 0 Å². The van der Waals surface area contributed by atoms with E-state index >= 15 is 0 Å². The van der Waals surface area contributed by atoms with Gasteiger partial charge in [0.15, 0.2) is 0 Å². The average Bonchev–Trinajstić information content (AvgIpc) is 2.04. The van der Waals surface area contributed by atoms with Gasteiger partial charge in [-0.1, -0.05) is 15.9 Å². The van der Waals surface area contributed by atoms with Crippen molar-refractivity contribution in [1.29, 1.82) is 0 Å². The van der Waals surface area contributed by atoms with Gasteiger partial charge in [-0.3, -0.25) is 0 Å². The van der Waals surface area contributed by atoms with Gasteiger partial charge in [0.25, 0.3) is 0 Å². The number of hydrogen-bond donors (Lipinski definition) is 0. The summed E-state index contributed by atoms with van der Waals surface area (Å²) in [6.07, 6.45) is 0. The first kappa shape index (κ1) is 9.23. The van der Waals surface area contributed by atoms with E-state index in [1.807, 2.05) is 18.2 Å². The Kier molecular flexibility index (Phi) is 3.55. The Labute approximate surface area is 82.7 Å². The van der Waals surface area contributed by atoms with Gasteiger partial charge in [-0.2, -0.15) is 0 Å². The first-order valence-electron chi connectivity index (χ1n) is 2.90. The van der Waals surface area contributed by atoms with Gasteiger partial charge in [0.2, 0.25) is 0 Å². The zero-order valence-corrected chi connectivity index (χ0v) is 8.96. The minimum atomic E-state index is 0.799. The normalized spacial score (nSPS) is 9.73. The molecule has 0 spiro atoms. The molecular formula is C7H6BrClOS. The van der Waals surface area contributed by atoms with Crippen molar-refractivity contribution in [2.24, 2.45) is 0 Å². The van der Waals surface area contributed by atoms with Crippen LogP contribution >= 0.6 is 37.6 Å². The van der Waals surface area contributed by atoms with E-state index in [1.54, 1.807) is 7.11 Å². The predicted octanol–water partition coefficient (Wildman–Crippen LogP) is 3.70. The van der Waals surface area contributed by atoms with Crippen molar-refractivity contribution in [1.82, 2.24) is 0 Å². The molecule has 0 fully saturated rings. The summed E-state index contributed by atoms with van der Waals surface area (Å²) in [5.41, 5.74) is 0. The van der Waals surface area contributed by atoms with Gasteiger partial charge in [0.05, 0.1) is 12.0 Å². The molecule has 1 aromatic rings. The molecule has 0 aromatic heterocycles. The SMILES string of the molecule is COc1ccc(Br)cc1SCl. The van der Waals surface area contributed by atoms with E-state index in [1.165, 1.54) is 0 Å². The molecule has 0 saturated carbocycles. The molecule has 0 saturated heterocycles. The van der Waals surface area contributed by atoms with E-state index < -0.39 is 0 Å². The summed E-state index contributed by atoms with van der Waals surface area (Å²) in [6.45, 7) is 0. The first-order valence-corrected chi connectivity index (χ1v) is 5.33. The first-order chi connectivity index (χ1) is 5.27. The number of halogens is 2. The molecule has 0 aliphatic carbocycles. The molecule has 0 aliphatic rings. The van der Waals surface area contributed by atoms with Gasteiger partial charge in [0.1, 0.15) is 5.75 Å². The maximum atomic E-state index is 5.60. The minimum Gasteiger partial charge on any atom is -0.496 e. The van der Waals surface area contributed by atoms with Crippen LogP contribution in [0, 0.1) is 0 Å². The maximum Gasteiger partial charge on any atom is 0.133 e. The van der Waals surface area contributed by atoms with Gasteiger partial charge in [-0.05, 0) is 39.9 Å². The summed E-state index contributed by atoms with van der Waals surface area (Å²) < 4.78 is 6.07. The fourth-order valence-electron chi connectivity index (χ4n) is 0.711. The molecule has 11 heavy (non-hydrogen) atoms. The monoisotopic (exact) mass is 252 g/mol. The van der Waals surface area contributed by atoms with Crippen molar-refractivity contribution in [2.75, 3.05) is 7.11 Å². The molecule has 0 amide bonds. The predicted molar refractivity (Wildman–Crippen MR) is 52.4 cm³/mol. The third kappa shape index (κ3) is 2.29. The minimum absolute atomic E-state index is 0.799. The van der Waals surface area contributed by atoms with E-state index in [0.717, 1.165) is 26.1 Å². The second-order valence-corrected chi connectivity index (χ2v) is 3.85. The molecule has 0 radical (unpaired) electrons. The molecular weight excluding hydrogens is 247 g/mol. The summed E-state index contributed by atoms with van der Waals surface area (Å²) in [4.78, 5) is 0.920. The van der Waals surface area contributed by atoms with Crippen molar-refractivity contribution >= 4 is 37.6 Å². The Morgan fingerprint density at radius 3 is 2.82 bits per heavy atom. The Morgan fingerprint density at radius 2 is 2.27 bits per heavy atom. The lowest BCUT2D eigenvalue weighted by Crippen LogP contribution is -1.83. The van der Waals surface area contributed by atoms with Crippen molar-refractivity contribution in [3.63, 3.8) is 0 Å². The Balaban J connectivity index is 3.06. The topological polar surface area (TPSA) is 9.23 Å². The third-order valence-electron chi connectivity index (χ3n) is 1.21. The lowest BCUT2D eigenvalue weighted by Gasteiger charge is -2.03. The molecule has 1 aromatic carbocycles. The van der Waals surface area contributed by atoms with Gasteiger partial charge < -0.3 is 4.74 Å². The maximum absolute atomic E-state index is 5.60. The van der Waals surface area contributed by atoms with Crippen LogP contribution < -0.4 is 4.74 Å². The largest absolute Gasteiger partial charge is 0.496 e. The molecule has 4 heteroatoms. The fourth-order valence-corrected chi connectivity index (χ4v) is 1.98. The summed E-state index contributed by atoms with van der Waals surface area (Å²) in [6, 6.07) is 5.70. The highest BCUT2D eigenvalue weighted by Gasteiger charge is 2.01. The van der Waals surface area contributed by atoms with Crippen LogP contribution in [-0.2, 0) is 0 Å². The fraction of sp³-hybridized carbons (Fsp3) is 0.143. The van der Waals surface area contributed by atoms with Crippen LogP contribution in [0.15, 0.2) is 27.6 Å². The van der Waals surface area contributed by atoms with Crippen LogP contribution in [0.4, 0.5) is 0 Å². The summed E-state index contributed by atoms with van der Waals surface area (Å²) in [7, 11) is 8.37. The zero-order valence-electron chi connectivity index (χ0n) is 5.80. The van der Waals surface area contributed by atoms with Gasteiger partial charge in [-0.25, -0.2) is 0 Å². The summed E-state index contributed by atoms with van der Waals surface area (Å²) in [5.74, 6) is 0.799. The summed E-state index contributed by atoms with van der Waals surface area (Å²) >= 11 is 3.34. The quantitative estimate of drug-likeness (QED) is 0.795. The third-order valence-corrected chi connectivity index (χ3v) is 2.69. The highest BCUT2D eigenvalue weighted by molar-refractivity contribution is 9.10. The number of rotatable bonds is 2. The van der Waals surface area contributed by atoms with Crippen molar-refractivity contribution in [2.45, 2.75) is 4.90 Å². The number of hydrogen-bond acceptors (Lipinski definition) is 2. The van der Waals surface area contributed by atoms with Gasteiger partial charge >= 0.3 is 0 Å². The highest BCUT2D eigenvalue weighted by Crippen LogP contribution is 2.33. The van der Waals surface area contributed by atoms with Gasteiger partial charge in [0, 0.05) is 4.47 Å². The Bertz CT molecular complexity index is 254. The number of benzene rings is 1. The van der Waals surface area contributed by atoms with Crippen LogP contribution in [0.1, 0.15) is 0 Å². The number of methoxy groups -OCH3 is 1. The van der Waals surface area contributed by atoms with E-state index in [2.05, 4.69) is 15.9 Å².